The fraction of sp³-hybridized carbons (Fsp3) is 0.185. The van der Waals surface area contributed by atoms with Crippen molar-refractivity contribution in [3.05, 3.63) is 101 Å². The molecule has 168 valence electrons. The minimum absolute atomic E-state index is 0.0482. The number of benzene rings is 3. The smallest absolute Gasteiger partial charge is 0.295 e. The first-order valence-electron chi connectivity index (χ1n) is 10.6. The Morgan fingerprint density at radius 2 is 1.58 bits per heavy atom. The van der Waals surface area contributed by atoms with Crippen molar-refractivity contribution in [2.75, 3.05) is 14.2 Å². The summed E-state index contributed by atoms with van der Waals surface area (Å²) in [4.78, 5) is 27.8. The Morgan fingerprint density at radius 1 is 0.909 bits per heavy atom. The molecule has 33 heavy (non-hydrogen) atoms. The van der Waals surface area contributed by atoms with Gasteiger partial charge in [-0.15, -0.1) is 0 Å². The van der Waals surface area contributed by atoms with Crippen LogP contribution in [0.3, 0.4) is 0 Å². The van der Waals surface area contributed by atoms with Crippen LogP contribution in [-0.4, -0.2) is 35.9 Å². The molecule has 1 amide bonds. The number of ether oxygens (including phenoxy) is 2. The molecule has 1 aliphatic heterocycles. The van der Waals surface area contributed by atoms with E-state index in [2.05, 4.69) is 0 Å². The Balaban J connectivity index is 1.89. The van der Waals surface area contributed by atoms with Gasteiger partial charge in [-0.2, -0.15) is 0 Å². The Morgan fingerprint density at radius 3 is 2.21 bits per heavy atom. The predicted octanol–water partition coefficient (Wildman–Crippen LogP) is 4.63. The lowest BCUT2D eigenvalue weighted by Gasteiger charge is -2.26. The van der Waals surface area contributed by atoms with E-state index in [0.717, 1.165) is 11.1 Å². The Labute approximate surface area is 192 Å². The molecule has 3 aromatic rings. The van der Waals surface area contributed by atoms with Gasteiger partial charge in [-0.1, -0.05) is 66.2 Å². The van der Waals surface area contributed by atoms with Crippen molar-refractivity contribution in [1.29, 1.82) is 0 Å². The molecule has 6 heteroatoms. The third kappa shape index (κ3) is 4.20. The monoisotopic (exact) mass is 443 g/mol. The number of rotatable bonds is 6. The van der Waals surface area contributed by atoms with Gasteiger partial charge in [0.2, 0.25) is 0 Å². The van der Waals surface area contributed by atoms with Gasteiger partial charge in [-0.05, 0) is 30.2 Å². The minimum atomic E-state index is -0.786. The third-order valence-electron chi connectivity index (χ3n) is 5.78. The average Bonchev–Trinajstić information content (AvgIpc) is 3.09. The largest absolute Gasteiger partial charge is 0.507 e. The highest BCUT2D eigenvalue weighted by atomic mass is 16.5. The molecule has 0 unspecified atom stereocenters. The number of hydrogen-bond donors (Lipinski definition) is 1. The molecule has 3 aromatic carbocycles. The second-order valence-corrected chi connectivity index (χ2v) is 7.89. The quantitative estimate of drug-likeness (QED) is 0.341. The van der Waals surface area contributed by atoms with Crippen molar-refractivity contribution < 1.29 is 24.2 Å². The molecule has 1 aliphatic rings. The number of carbonyl (C=O) groups excluding carboxylic acids is 2. The van der Waals surface area contributed by atoms with Gasteiger partial charge in [-0.3, -0.25) is 9.59 Å². The molecule has 0 spiro atoms. The van der Waals surface area contributed by atoms with Crippen LogP contribution in [0.1, 0.15) is 28.3 Å². The fourth-order valence-electron chi connectivity index (χ4n) is 4.06. The van der Waals surface area contributed by atoms with Gasteiger partial charge in [0.25, 0.3) is 11.7 Å². The Hall–Kier alpha value is -4.06. The van der Waals surface area contributed by atoms with Crippen molar-refractivity contribution in [3.63, 3.8) is 0 Å². The molecule has 0 bridgehead atoms. The normalized spacial score (nSPS) is 17.3. The van der Waals surface area contributed by atoms with Crippen LogP contribution >= 0.6 is 0 Å². The lowest BCUT2D eigenvalue weighted by Crippen LogP contribution is -2.29. The zero-order valence-electron chi connectivity index (χ0n) is 18.7. The van der Waals surface area contributed by atoms with Gasteiger partial charge in [-0.25, -0.2) is 0 Å². The highest BCUT2D eigenvalue weighted by Crippen LogP contribution is 2.42. The average molecular weight is 443 g/mol. The van der Waals surface area contributed by atoms with E-state index in [-0.39, 0.29) is 17.9 Å². The third-order valence-corrected chi connectivity index (χ3v) is 5.78. The number of nitrogens with zero attached hydrogens (tertiary/aromatic N) is 1. The zero-order valence-corrected chi connectivity index (χ0v) is 18.7. The summed E-state index contributed by atoms with van der Waals surface area (Å²) in [6.45, 7) is 2.15. The van der Waals surface area contributed by atoms with E-state index in [0.29, 0.717) is 22.6 Å². The van der Waals surface area contributed by atoms with Gasteiger partial charge in [0, 0.05) is 12.1 Å². The maximum absolute atomic E-state index is 13.2. The van der Waals surface area contributed by atoms with E-state index < -0.39 is 17.7 Å². The van der Waals surface area contributed by atoms with Gasteiger partial charge < -0.3 is 19.5 Å². The molecular formula is C27H25NO5. The standard InChI is InChI=1S/C27H25NO5/c1-17-9-11-19(12-10-17)25(29)23-24(20-13-14-21(32-2)22(15-20)33-3)28(27(31)26(23)30)16-18-7-5-4-6-8-18/h4-15,24,29H,16H2,1-3H3/b25-23+/t24-/m1/s1. The van der Waals surface area contributed by atoms with Crippen LogP contribution in [0.2, 0.25) is 0 Å². The second-order valence-electron chi connectivity index (χ2n) is 7.89. The molecule has 1 atom stereocenters. The van der Waals surface area contributed by atoms with Crippen LogP contribution < -0.4 is 9.47 Å². The van der Waals surface area contributed by atoms with Crippen molar-refractivity contribution in [3.8, 4) is 11.5 Å². The first-order valence-corrected chi connectivity index (χ1v) is 10.6. The molecule has 1 saturated heterocycles. The number of amides is 1. The first kappa shape index (κ1) is 22.1. The zero-order chi connectivity index (χ0) is 23.5. The van der Waals surface area contributed by atoms with Crippen LogP contribution in [0.15, 0.2) is 78.4 Å². The number of hydrogen-bond acceptors (Lipinski definition) is 5. The van der Waals surface area contributed by atoms with E-state index >= 15 is 0 Å². The van der Waals surface area contributed by atoms with E-state index in [9.17, 15) is 14.7 Å². The van der Waals surface area contributed by atoms with E-state index in [1.807, 2.05) is 49.4 Å². The second kappa shape index (κ2) is 9.20. The maximum atomic E-state index is 13.2. The van der Waals surface area contributed by atoms with E-state index in [1.54, 1.807) is 30.3 Å². The molecule has 1 heterocycles. The summed E-state index contributed by atoms with van der Waals surface area (Å²) >= 11 is 0. The fourth-order valence-corrected chi connectivity index (χ4v) is 4.06. The van der Waals surface area contributed by atoms with Crippen LogP contribution in [0, 0.1) is 6.92 Å². The summed E-state index contributed by atoms with van der Waals surface area (Å²) in [6, 6.07) is 21.1. The number of aliphatic hydroxyl groups is 1. The van der Waals surface area contributed by atoms with Crippen LogP contribution in [0.4, 0.5) is 0 Å². The molecule has 0 saturated carbocycles. The molecule has 4 rings (SSSR count). The highest BCUT2D eigenvalue weighted by Gasteiger charge is 2.46. The van der Waals surface area contributed by atoms with Crippen LogP contribution in [0.5, 0.6) is 11.5 Å². The number of carbonyl (C=O) groups is 2. The number of methoxy groups -OCH3 is 2. The number of aryl methyl sites for hydroxylation is 1. The lowest BCUT2D eigenvalue weighted by molar-refractivity contribution is -0.140. The lowest BCUT2D eigenvalue weighted by atomic mass is 9.94. The predicted molar refractivity (Wildman–Crippen MR) is 125 cm³/mol. The van der Waals surface area contributed by atoms with E-state index in [4.69, 9.17) is 9.47 Å². The molecular weight excluding hydrogens is 418 g/mol. The van der Waals surface area contributed by atoms with E-state index in [1.165, 1.54) is 19.1 Å². The maximum Gasteiger partial charge on any atom is 0.295 e. The summed E-state index contributed by atoms with van der Waals surface area (Å²) in [6.07, 6.45) is 0. The molecule has 1 fully saturated rings. The summed E-state index contributed by atoms with van der Waals surface area (Å²) < 4.78 is 10.8. The van der Waals surface area contributed by atoms with Crippen molar-refractivity contribution in [2.45, 2.75) is 19.5 Å². The van der Waals surface area contributed by atoms with Crippen molar-refractivity contribution >= 4 is 17.4 Å². The number of likely N-dealkylation sites (tertiary alicyclic amines) is 1. The summed E-state index contributed by atoms with van der Waals surface area (Å²) in [5.74, 6) is -0.588. The molecule has 0 aliphatic carbocycles. The summed E-state index contributed by atoms with van der Waals surface area (Å²) in [5.41, 5.74) is 3.06. The van der Waals surface area contributed by atoms with Crippen LogP contribution in [0.25, 0.3) is 5.76 Å². The molecule has 6 nitrogen and oxygen atoms in total. The summed E-state index contributed by atoms with van der Waals surface area (Å²) in [5, 5.41) is 11.2. The van der Waals surface area contributed by atoms with Crippen molar-refractivity contribution in [1.82, 2.24) is 4.90 Å². The minimum Gasteiger partial charge on any atom is -0.507 e. The number of Topliss-reactive ketones (excluding diaryl/α,β-unsaturated/α-hetero) is 1. The number of ketones is 1. The molecule has 0 radical (unpaired) electrons. The summed E-state index contributed by atoms with van der Waals surface area (Å²) in [7, 11) is 3.06. The van der Waals surface area contributed by atoms with Gasteiger partial charge >= 0.3 is 0 Å². The van der Waals surface area contributed by atoms with Crippen molar-refractivity contribution in [2.24, 2.45) is 0 Å². The Bertz CT molecular complexity index is 1220. The van der Waals surface area contributed by atoms with Gasteiger partial charge in [0.1, 0.15) is 5.76 Å². The van der Waals surface area contributed by atoms with Gasteiger partial charge in [0.05, 0.1) is 25.8 Å². The highest BCUT2D eigenvalue weighted by molar-refractivity contribution is 6.46. The van der Waals surface area contributed by atoms with Crippen LogP contribution in [-0.2, 0) is 16.1 Å². The number of aliphatic hydroxyl groups excluding tert-OH is 1. The SMILES string of the molecule is COc1ccc([C@@H]2/C(=C(\O)c3ccc(C)cc3)C(=O)C(=O)N2Cc2ccccc2)cc1OC. The Kier molecular flexibility index (Phi) is 6.18. The van der Waals surface area contributed by atoms with Gasteiger partial charge in [0.15, 0.2) is 11.5 Å². The molecule has 0 aromatic heterocycles. The molecule has 1 N–H and O–H groups in total. The first-order chi connectivity index (χ1) is 15.9. The topological polar surface area (TPSA) is 76.1 Å².